The Kier molecular flexibility index (Phi) is 6.01. The second-order valence-electron chi connectivity index (χ2n) is 12.2. The molecule has 1 unspecified atom stereocenters. The molecule has 200 valence electrons. The first kappa shape index (κ1) is 25.2. The molecule has 1 spiro atoms. The number of rotatable bonds is 5. The molecule has 6 rings (SSSR count). The van der Waals surface area contributed by atoms with Gasteiger partial charge in [0.15, 0.2) is 11.6 Å². The van der Waals surface area contributed by atoms with E-state index in [-0.39, 0.29) is 28.3 Å². The van der Waals surface area contributed by atoms with Crippen molar-refractivity contribution in [2.45, 2.75) is 52.4 Å². The Morgan fingerprint density at radius 3 is 2.69 bits per heavy atom. The number of H-pyrrole nitrogens is 1. The van der Waals surface area contributed by atoms with Gasteiger partial charge in [-0.1, -0.05) is 45.0 Å². The van der Waals surface area contributed by atoms with Gasteiger partial charge in [0.05, 0.1) is 5.69 Å². The minimum absolute atomic E-state index is 0.0756. The van der Waals surface area contributed by atoms with Crippen molar-refractivity contribution in [2.75, 3.05) is 11.9 Å². The molecule has 1 amide bonds. The van der Waals surface area contributed by atoms with Gasteiger partial charge in [-0.25, -0.2) is 4.39 Å². The van der Waals surface area contributed by atoms with Crippen molar-refractivity contribution < 1.29 is 14.0 Å². The molecule has 1 aromatic carbocycles. The second kappa shape index (κ2) is 9.29. The number of amides is 1. The maximum absolute atomic E-state index is 13.7. The first-order chi connectivity index (χ1) is 18.6. The van der Waals surface area contributed by atoms with Crippen LogP contribution in [0.3, 0.4) is 0 Å². The number of allylic oxidation sites excluding steroid dienone is 3. The van der Waals surface area contributed by atoms with Crippen LogP contribution in [0.15, 0.2) is 59.9 Å². The maximum atomic E-state index is 13.7. The van der Waals surface area contributed by atoms with Crippen molar-refractivity contribution >= 4 is 23.6 Å². The number of carbonyl (C=O) groups is 2. The molecule has 0 bridgehead atoms. The summed E-state index contributed by atoms with van der Waals surface area (Å²) in [7, 11) is 0. The normalized spacial score (nSPS) is 19.6. The third-order valence-corrected chi connectivity index (χ3v) is 7.78. The summed E-state index contributed by atoms with van der Waals surface area (Å²) in [6, 6.07) is 10.2. The van der Waals surface area contributed by atoms with E-state index < -0.39 is 5.92 Å². The number of aromatic nitrogens is 3. The highest BCUT2D eigenvalue weighted by molar-refractivity contribution is 6.04. The predicted molar refractivity (Wildman–Crippen MR) is 148 cm³/mol. The summed E-state index contributed by atoms with van der Waals surface area (Å²) >= 11 is 0. The van der Waals surface area contributed by atoms with E-state index in [1.165, 1.54) is 12.1 Å². The van der Waals surface area contributed by atoms with E-state index in [9.17, 15) is 14.0 Å². The molecule has 2 aromatic heterocycles. The smallest absolute Gasteiger partial charge is 0.269 e. The van der Waals surface area contributed by atoms with Crippen LogP contribution in [0.25, 0.3) is 17.2 Å². The Hall–Kier alpha value is -4.07. The Labute approximate surface area is 227 Å². The average molecular weight is 526 g/mol. The van der Waals surface area contributed by atoms with Gasteiger partial charge in [-0.05, 0) is 59.9 Å². The van der Waals surface area contributed by atoms with E-state index in [0.29, 0.717) is 41.3 Å². The van der Waals surface area contributed by atoms with Crippen molar-refractivity contribution in [1.82, 2.24) is 20.5 Å². The molecule has 1 atom stereocenters. The molecule has 2 aliphatic carbocycles. The first-order valence-corrected chi connectivity index (χ1v) is 13.4. The summed E-state index contributed by atoms with van der Waals surface area (Å²) in [5, 5.41) is 13.8. The summed E-state index contributed by atoms with van der Waals surface area (Å²) in [6.45, 7) is 6.67. The van der Waals surface area contributed by atoms with Crippen LogP contribution in [-0.2, 0) is 4.79 Å². The largest absolute Gasteiger partial charge is 0.350 e. The monoisotopic (exact) mass is 525 g/mol. The maximum Gasteiger partial charge on any atom is 0.269 e. The van der Waals surface area contributed by atoms with Gasteiger partial charge >= 0.3 is 0 Å². The van der Waals surface area contributed by atoms with Gasteiger partial charge in [-0.3, -0.25) is 19.7 Å². The molecule has 3 heterocycles. The van der Waals surface area contributed by atoms with Crippen molar-refractivity contribution in [2.24, 2.45) is 10.8 Å². The van der Waals surface area contributed by atoms with Crippen LogP contribution in [0.2, 0.25) is 0 Å². The summed E-state index contributed by atoms with van der Waals surface area (Å²) < 4.78 is 13.7. The number of nitrogens with zero attached hydrogens (tertiary/aromatic N) is 2. The molecule has 3 aliphatic rings. The van der Waals surface area contributed by atoms with Gasteiger partial charge in [0.2, 0.25) is 0 Å². The number of hydrogen-bond acceptors (Lipinski definition) is 5. The number of nitrogens with one attached hydrogen (secondary N) is 3. The fraction of sp³-hybridized carbons (Fsp3) is 0.355. The van der Waals surface area contributed by atoms with Gasteiger partial charge < -0.3 is 10.6 Å². The molecule has 1 saturated carbocycles. The highest BCUT2D eigenvalue weighted by Gasteiger charge is 2.51. The fourth-order valence-corrected chi connectivity index (χ4v) is 5.51. The summed E-state index contributed by atoms with van der Waals surface area (Å²) in [5.41, 5.74) is 4.91. The SMILES string of the molecule is CC(C)(C)CNC(=O)c1[nH]nc2c1C(/C=C/c1ccc(-c3cccc(F)c3)cn1)C1=C(CC3(CC3)CC1=O)N2. The molecule has 0 radical (unpaired) electrons. The lowest BCUT2D eigenvalue weighted by atomic mass is 9.74. The number of pyridine rings is 1. The summed E-state index contributed by atoms with van der Waals surface area (Å²) in [5.74, 6) is -0.265. The van der Waals surface area contributed by atoms with Gasteiger partial charge in [0.25, 0.3) is 5.91 Å². The number of fused-ring (bicyclic) bond motifs is 1. The van der Waals surface area contributed by atoms with E-state index >= 15 is 0 Å². The molecule has 1 fully saturated rings. The third-order valence-electron chi connectivity index (χ3n) is 7.78. The number of anilines is 1. The molecule has 3 aromatic rings. The topological polar surface area (TPSA) is 99.8 Å². The average Bonchev–Trinajstić information content (AvgIpc) is 3.48. The molecular formula is C31H32FN5O2. The number of ketones is 1. The summed E-state index contributed by atoms with van der Waals surface area (Å²) in [6.07, 6.45) is 9.00. The Balaban J connectivity index is 1.34. The van der Waals surface area contributed by atoms with Crippen molar-refractivity contribution in [3.8, 4) is 11.1 Å². The number of halogens is 1. The molecule has 7 nitrogen and oxygen atoms in total. The van der Waals surface area contributed by atoms with E-state index in [1.807, 2.05) is 30.4 Å². The lowest BCUT2D eigenvalue weighted by Gasteiger charge is -2.33. The van der Waals surface area contributed by atoms with Gasteiger partial charge in [-0.15, -0.1) is 0 Å². The Morgan fingerprint density at radius 2 is 2.00 bits per heavy atom. The highest BCUT2D eigenvalue weighted by Crippen LogP contribution is 2.59. The molecule has 39 heavy (non-hydrogen) atoms. The van der Waals surface area contributed by atoms with Crippen LogP contribution in [0, 0.1) is 16.6 Å². The molecule has 1 aliphatic heterocycles. The van der Waals surface area contributed by atoms with Gasteiger partial charge in [0, 0.05) is 47.5 Å². The van der Waals surface area contributed by atoms with Crippen molar-refractivity contribution in [3.05, 3.63) is 82.7 Å². The van der Waals surface area contributed by atoms with Crippen LogP contribution >= 0.6 is 0 Å². The standard InChI is InChI=1S/C31H32FN5O2/c1-30(2,3)17-34-29(39)27-26-22(10-9-21-8-7-19(16-33-21)18-5-4-6-20(32)13-18)25-23(35-28(26)37-36-27)14-31(11-12-31)15-24(25)38/h4-10,13,16,22H,11-12,14-15,17H2,1-3H3,(H,34,39)(H2,35,36,37)/b10-9+. The fourth-order valence-electron chi connectivity index (χ4n) is 5.51. The van der Waals surface area contributed by atoms with Gasteiger partial charge in [-0.2, -0.15) is 5.10 Å². The molecule has 3 N–H and O–H groups in total. The van der Waals surface area contributed by atoms with Crippen LogP contribution in [0.5, 0.6) is 0 Å². The van der Waals surface area contributed by atoms with Crippen LogP contribution in [0.1, 0.15) is 74.1 Å². The van der Waals surface area contributed by atoms with Crippen LogP contribution in [-0.4, -0.2) is 33.4 Å². The highest BCUT2D eigenvalue weighted by atomic mass is 19.1. The van der Waals surface area contributed by atoms with Crippen LogP contribution < -0.4 is 10.6 Å². The number of carbonyl (C=O) groups excluding carboxylic acids is 2. The van der Waals surface area contributed by atoms with E-state index in [2.05, 4.69) is 46.6 Å². The Bertz CT molecular complexity index is 1520. The zero-order valence-corrected chi connectivity index (χ0v) is 22.4. The number of benzene rings is 1. The van der Waals surface area contributed by atoms with E-state index in [4.69, 9.17) is 0 Å². The molecule has 8 heteroatoms. The molecule has 0 saturated heterocycles. The molecular weight excluding hydrogens is 493 g/mol. The van der Waals surface area contributed by atoms with Crippen LogP contribution in [0.4, 0.5) is 10.2 Å². The van der Waals surface area contributed by atoms with E-state index in [0.717, 1.165) is 36.1 Å². The predicted octanol–water partition coefficient (Wildman–Crippen LogP) is 6.01. The zero-order valence-electron chi connectivity index (χ0n) is 22.4. The van der Waals surface area contributed by atoms with Crippen molar-refractivity contribution in [3.63, 3.8) is 0 Å². The quantitative estimate of drug-likeness (QED) is 0.379. The van der Waals surface area contributed by atoms with E-state index in [1.54, 1.807) is 12.3 Å². The lowest BCUT2D eigenvalue weighted by molar-refractivity contribution is -0.117. The van der Waals surface area contributed by atoms with Crippen molar-refractivity contribution in [1.29, 1.82) is 0 Å². The number of Topliss-reactive ketones (excluding diaryl/α,β-unsaturated/α-hetero) is 1. The number of aromatic amines is 1. The second-order valence-corrected chi connectivity index (χ2v) is 12.2. The third kappa shape index (κ3) is 5.03. The minimum atomic E-state index is -0.432. The number of hydrogen-bond donors (Lipinski definition) is 3. The zero-order chi connectivity index (χ0) is 27.4. The lowest BCUT2D eigenvalue weighted by Crippen LogP contribution is -2.34. The Morgan fingerprint density at radius 1 is 1.18 bits per heavy atom. The minimum Gasteiger partial charge on any atom is -0.350 e. The van der Waals surface area contributed by atoms with Gasteiger partial charge in [0.1, 0.15) is 11.5 Å². The first-order valence-electron chi connectivity index (χ1n) is 13.4. The summed E-state index contributed by atoms with van der Waals surface area (Å²) in [4.78, 5) is 31.3.